The highest BCUT2D eigenvalue weighted by atomic mass is 14.8. The van der Waals surface area contributed by atoms with Gasteiger partial charge in [0.05, 0.1) is 0 Å². The Labute approximate surface area is 249 Å². The van der Waals surface area contributed by atoms with E-state index in [1.54, 1.807) is 0 Å². The Bertz CT molecular complexity index is 1490. The first-order valence-corrected chi connectivity index (χ1v) is 15.2. The van der Waals surface area contributed by atoms with Crippen molar-refractivity contribution in [2.75, 3.05) is 7.05 Å². The first-order valence-electron chi connectivity index (χ1n) is 15.2. The van der Waals surface area contributed by atoms with Crippen LogP contribution in [0.4, 0.5) is 0 Å². The molecule has 0 spiro atoms. The number of allylic oxidation sites excluding steroid dienone is 6. The van der Waals surface area contributed by atoms with Gasteiger partial charge in [0.25, 0.3) is 0 Å². The Morgan fingerprint density at radius 2 is 1.63 bits per heavy atom. The molecule has 0 aliphatic heterocycles. The van der Waals surface area contributed by atoms with Gasteiger partial charge in [-0.3, -0.25) is 0 Å². The average molecular weight is 544 g/mol. The molecule has 4 rings (SSSR count). The molecule has 1 nitrogen and oxygen atoms in total. The maximum Gasteiger partial charge on any atom is 0.0114 e. The molecule has 1 heteroatoms. The standard InChI is InChI=1S/C40H49N/c1-26(2)27(3)24-28(4)29(5)39-31(7)34(32-16-12-11-13-17-32)21-22-36(39)30(6)35-19-14-20-38-37(35)25-33(40(38,8)9)18-15-23-41-10/h11-24,26,29-30,41H,3,25H2,1-2,4-10H3/b23-15-,28-24-,33-18+. The molecule has 0 fully saturated rings. The minimum absolute atomic E-state index is 0.0167. The van der Waals surface area contributed by atoms with Crippen LogP contribution >= 0.6 is 0 Å². The Balaban J connectivity index is 1.88. The molecule has 3 aromatic carbocycles. The van der Waals surface area contributed by atoms with Crippen molar-refractivity contribution < 1.29 is 0 Å². The van der Waals surface area contributed by atoms with Crippen LogP contribution in [-0.2, 0) is 11.8 Å². The summed E-state index contributed by atoms with van der Waals surface area (Å²) in [5.41, 5.74) is 15.3. The van der Waals surface area contributed by atoms with Crippen molar-refractivity contribution in [3.8, 4) is 11.1 Å². The van der Waals surface area contributed by atoms with Crippen LogP contribution in [0.2, 0.25) is 0 Å². The van der Waals surface area contributed by atoms with Crippen molar-refractivity contribution in [1.29, 1.82) is 0 Å². The number of hydrogen-bond donors (Lipinski definition) is 1. The summed E-state index contributed by atoms with van der Waals surface area (Å²) in [6.45, 7) is 22.9. The van der Waals surface area contributed by atoms with E-state index in [9.17, 15) is 0 Å². The Hall–Kier alpha value is -3.58. The highest BCUT2D eigenvalue weighted by molar-refractivity contribution is 5.71. The van der Waals surface area contributed by atoms with Crippen LogP contribution in [0.15, 0.2) is 108 Å². The summed E-state index contributed by atoms with van der Waals surface area (Å²) < 4.78 is 0. The van der Waals surface area contributed by atoms with E-state index in [1.807, 2.05) is 13.2 Å². The zero-order chi connectivity index (χ0) is 29.9. The summed E-state index contributed by atoms with van der Waals surface area (Å²) in [5.74, 6) is 0.990. The molecule has 1 aliphatic carbocycles. The van der Waals surface area contributed by atoms with E-state index in [0.29, 0.717) is 5.92 Å². The smallest absolute Gasteiger partial charge is 0.0114 e. The second-order valence-electron chi connectivity index (χ2n) is 12.7. The van der Waals surface area contributed by atoms with Crippen molar-refractivity contribution in [1.82, 2.24) is 5.32 Å². The van der Waals surface area contributed by atoms with Crippen LogP contribution in [0.3, 0.4) is 0 Å². The van der Waals surface area contributed by atoms with Gasteiger partial charge < -0.3 is 5.32 Å². The van der Waals surface area contributed by atoms with Gasteiger partial charge in [0.15, 0.2) is 0 Å². The van der Waals surface area contributed by atoms with Gasteiger partial charge in [-0.25, -0.2) is 0 Å². The third-order valence-corrected chi connectivity index (χ3v) is 9.45. The molecule has 0 aromatic heterocycles. The zero-order valence-corrected chi connectivity index (χ0v) is 26.7. The normalized spacial score (nSPS) is 17.2. The van der Waals surface area contributed by atoms with Crippen LogP contribution in [0.1, 0.15) is 93.7 Å². The van der Waals surface area contributed by atoms with E-state index >= 15 is 0 Å². The fourth-order valence-electron chi connectivity index (χ4n) is 6.52. The minimum Gasteiger partial charge on any atom is -0.394 e. The molecule has 3 aromatic rings. The molecule has 0 amide bonds. The quantitative estimate of drug-likeness (QED) is 0.265. The lowest BCUT2D eigenvalue weighted by molar-refractivity contribution is 0.644. The van der Waals surface area contributed by atoms with Gasteiger partial charge in [0, 0.05) is 24.3 Å². The van der Waals surface area contributed by atoms with Crippen LogP contribution in [-0.4, -0.2) is 7.05 Å². The van der Waals surface area contributed by atoms with E-state index in [0.717, 1.165) is 6.42 Å². The van der Waals surface area contributed by atoms with Crippen LogP contribution in [0, 0.1) is 12.8 Å². The van der Waals surface area contributed by atoms with Crippen LogP contribution in [0.25, 0.3) is 11.1 Å². The molecule has 0 saturated heterocycles. The molecule has 1 aliphatic rings. The van der Waals surface area contributed by atoms with Crippen molar-refractivity contribution in [3.05, 3.63) is 142 Å². The number of benzene rings is 3. The Morgan fingerprint density at radius 3 is 2.29 bits per heavy atom. The molecule has 0 radical (unpaired) electrons. The van der Waals surface area contributed by atoms with Crippen molar-refractivity contribution in [2.24, 2.45) is 5.92 Å². The Kier molecular flexibility index (Phi) is 9.27. The third kappa shape index (κ3) is 6.05. The lowest BCUT2D eigenvalue weighted by atomic mass is 9.76. The van der Waals surface area contributed by atoms with Gasteiger partial charge in [-0.05, 0) is 83.0 Å². The van der Waals surface area contributed by atoms with Crippen molar-refractivity contribution in [3.63, 3.8) is 0 Å². The largest absolute Gasteiger partial charge is 0.394 e. The molecule has 0 bridgehead atoms. The molecule has 2 atom stereocenters. The van der Waals surface area contributed by atoms with Gasteiger partial charge in [0.1, 0.15) is 0 Å². The van der Waals surface area contributed by atoms with E-state index in [-0.39, 0.29) is 17.3 Å². The van der Waals surface area contributed by atoms with Crippen molar-refractivity contribution >= 4 is 0 Å². The molecule has 0 heterocycles. The predicted molar refractivity (Wildman–Crippen MR) is 180 cm³/mol. The van der Waals surface area contributed by atoms with E-state index < -0.39 is 0 Å². The number of hydrogen-bond acceptors (Lipinski definition) is 1. The van der Waals surface area contributed by atoms with Gasteiger partial charge in [-0.15, -0.1) is 0 Å². The summed E-state index contributed by atoms with van der Waals surface area (Å²) in [6.07, 6.45) is 9.75. The SMILES string of the molecule is C=C(/C=C(/C)C(C)c1c(C(C)c2cccc3c2C/C(=C\C=C/NC)C3(C)C)ccc(-c2ccccc2)c1C)C(C)C. The van der Waals surface area contributed by atoms with Gasteiger partial charge in [-0.2, -0.15) is 0 Å². The first kappa shape index (κ1) is 30.4. The lowest BCUT2D eigenvalue weighted by Crippen LogP contribution is -2.15. The highest BCUT2D eigenvalue weighted by Gasteiger charge is 2.36. The van der Waals surface area contributed by atoms with Gasteiger partial charge >= 0.3 is 0 Å². The third-order valence-electron chi connectivity index (χ3n) is 9.45. The Morgan fingerprint density at radius 1 is 0.927 bits per heavy atom. The van der Waals surface area contributed by atoms with Crippen molar-refractivity contribution in [2.45, 2.75) is 79.1 Å². The van der Waals surface area contributed by atoms with E-state index in [2.05, 4.69) is 146 Å². The monoisotopic (exact) mass is 543 g/mol. The maximum absolute atomic E-state index is 4.36. The van der Waals surface area contributed by atoms with Crippen LogP contribution in [0.5, 0.6) is 0 Å². The summed E-state index contributed by atoms with van der Waals surface area (Å²) in [6, 6.07) is 22.6. The highest BCUT2D eigenvalue weighted by Crippen LogP contribution is 2.47. The fraction of sp³-hybridized carbons (Fsp3) is 0.350. The molecule has 0 saturated carbocycles. The lowest BCUT2D eigenvalue weighted by Gasteiger charge is -2.28. The summed E-state index contributed by atoms with van der Waals surface area (Å²) in [4.78, 5) is 0. The van der Waals surface area contributed by atoms with Gasteiger partial charge in [0.2, 0.25) is 0 Å². The second kappa shape index (κ2) is 12.5. The van der Waals surface area contributed by atoms with E-state index in [1.165, 1.54) is 61.2 Å². The molecular formula is C40H49N. The van der Waals surface area contributed by atoms with Crippen LogP contribution < -0.4 is 5.32 Å². The summed E-state index contributed by atoms with van der Waals surface area (Å²) in [5, 5.41) is 3.12. The van der Waals surface area contributed by atoms with Gasteiger partial charge in [-0.1, -0.05) is 138 Å². The van der Waals surface area contributed by atoms with E-state index in [4.69, 9.17) is 0 Å². The predicted octanol–water partition coefficient (Wildman–Crippen LogP) is 10.6. The topological polar surface area (TPSA) is 12.0 Å². The zero-order valence-electron chi connectivity index (χ0n) is 26.7. The molecular weight excluding hydrogens is 494 g/mol. The minimum atomic E-state index is 0.0167. The number of rotatable bonds is 9. The summed E-state index contributed by atoms with van der Waals surface area (Å²) >= 11 is 0. The second-order valence-corrected chi connectivity index (χ2v) is 12.7. The molecule has 41 heavy (non-hydrogen) atoms. The molecule has 1 N–H and O–H groups in total. The molecule has 2 unspecified atom stereocenters. The summed E-state index contributed by atoms with van der Waals surface area (Å²) in [7, 11) is 1.95. The maximum atomic E-state index is 4.36. The molecule has 214 valence electrons. The fourth-order valence-corrected chi connectivity index (χ4v) is 6.52. The number of nitrogens with one attached hydrogen (secondary N) is 1. The number of fused-ring (bicyclic) bond motifs is 1. The first-order chi connectivity index (χ1) is 19.5. The average Bonchev–Trinajstić information content (AvgIpc) is 3.22.